The fraction of sp³-hybridized carbons (Fsp3) is 0.606. The lowest BCUT2D eigenvalue weighted by Gasteiger charge is -2.49. The van der Waals surface area contributed by atoms with Crippen LogP contribution >= 0.6 is 0 Å². The first kappa shape index (κ1) is 30.8. The number of hydrogen-bond donors (Lipinski definition) is 2. The lowest BCUT2D eigenvalue weighted by Crippen LogP contribution is -2.57. The minimum Gasteiger partial charge on any atom is -0.491 e. The Morgan fingerprint density at radius 2 is 1.74 bits per heavy atom. The van der Waals surface area contributed by atoms with E-state index in [2.05, 4.69) is 30.1 Å². The van der Waals surface area contributed by atoms with Crippen LogP contribution in [-0.4, -0.2) is 72.3 Å². The Bertz CT molecular complexity index is 1210. The second-order valence-corrected chi connectivity index (χ2v) is 12.3. The van der Waals surface area contributed by atoms with Crippen LogP contribution in [0.5, 0.6) is 5.75 Å². The number of rotatable bonds is 9. The van der Waals surface area contributed by atoms with Gasteiger partial charge in [-0.3, -0.25) is 9.69 Å². The fourth-order valence-corrected chi connectivity index (χ4v) is 7.00. The molecule has 2 N–H and O–H groups in total. The number of ether oxygens (including phenoxy) is 1. The van der Waals surface area contributed by atoms with E-state index in [0.29, 0.717) is 25.2 Å². The third-order valence-corrected chi connectivity index (χ3v) is 9.55. The van der Waals surface area contributed by atoms with Gasteiger partial charge in [0.1, 0.15) is 18.5 Å². The Morgan fingerprint density at radius 3 is 2.45 bits per heavy atom. The molecule has 1 aliphatic carbocycles. The molecule has 0 bridgehead atoms. The number of nitrogens with zero attached hydrogens (tertiary/aromatic N) is 2. The van der Waals surface area contributed by atoms with Gasteiger partial charge in [0.05, 0.1) is 5.56 Å². The number of aliphatic hydroxyl groups is 1. The van der Waals surface area contributed by atoms with Gasteiger partial charge in [-0.2, -0.15) is 13.2 Å². The lowest BCUT2D eigenvalue weighted by molar-refractivity contribution is -0.137. The molecular formula is C33H44F3N3O3. The van der Waals surface area contributed by atoms with Crippen LogP contribution in [0, 0.1) is 19.8 Å². The number of hydrogen-bond acceptors (Lipinski definition) is 5. The average Bonchev–Trinajstić information content (AvgIpc) is 3.50. The van der Waals surface area contributed by atoms with E-state index in [9.17, 15) is 23.1 Å². The maximum atomic E-state index is 13.1. The molecule has 2 aliphatic heterocycles. The van der Waals surface area contributed by atoms with E-state index in [1.807, 2.05) is 6.07 Å². The topological polar surface area (TPSA) is 65.0 Å². The first-order valence-electron chi connectivity index (χ1n) is 15.5. The Kier molecular flexibility index (Phi) is 9.80. The molecule has 3 atom stereocenters. The number of piperidine rings is 1. The Hall–Kier alpha value is -2.62. The van der Waals surface area contributed by atoms with Crippen molar-refractivity contribution in [3.63, 3.8) is 0 Å². The number of carbonyl (C=O) groups is 1. The van der Waals surface area contributed by atoms with Gasteiger partial charge >= 0.3 is 6.18 Å². The van der Waals surface area contributed by atoms with Gasteiger partial charge in [0, 0.05) is 43.8 Å². The van der Waals surface area contributed by atoms with E-state index in [1.165, 1.54) is 48.9 Å². The molecule has 3 aliphatic rings. The molecule has 1 amide bonds. The fourth-order valence-electron chi connectivity index (χ4n) is 7.00. The van der Waals surface area contributed by atoms with Gasteiger partial charge in [0.2, 0.25) is 0 Å². The zero-order valence-electron chi connectivity index (χ0n) is 24.8. The van der Waals surface area contributed by atoms with Gasteiger partial charge in [0.25, 0.3) is 5.91 Å². The van der Waals surface area contributed by atoms with Crippen LogP contribution in [0.15, 0.2) is 36.4 Å². The van der Waals surface area contributed by atoms with Crippen molar-refractivity contribution in [2.75, 3.05) is 39.3 Å². The smallest absolute Gasteiger partial charge is 0.416 e. The van der Waals surface area contributed by atoms with Gasteiger partial charge in [-0.1, -0.05) is 18.9 Å². The molecule has 42 heavy (non-hydrogen) atoms. The van der Waals surface area contributed by atoms with Gasteiger partial charge < -0.3 is 20.1 Å². The van der Waals surface area contributed by atoms with Crippen molar-refractivity contribution >= 4 is 5.91 Å². The third kappa shape index (κ3) is 7.12. The van der Waals surface area contributed by atoms with Crippen molar-refractivity contribution in [2.24, 2.45) is 5.92 Å². The predicted octanol–water partition coefficient (Wildman–Crippen LogP) is 5.89. The molecule has 1 saturated carbocycles. The summed E-state index contributed by atoms with van der Waals surface area (Å²) in [5, 5.41) is 13.8. The highest BCUT2D eigenvalue weighted by atomic mass is 19.4. The highest BCUT2D eigenvalue weighted by Crippen LogP contribution is 2.40. The number of piperazine rings is 1. The Labute approximate surface area is 247 Å². The SMILES string of the molecule is Cc1c(OC[C@@H](O)CNCC2CCCC2)ccc([C@H]2CCC[C@H]3CN(C(=O)c4ccc(C(F)(F)F)cc4)CCN32)c1C. The average molecular weight is 588 g/mol. The van der Waals surface area contributed by atoms with Gasteiger partial charge in [0.15, 0.2) is 0 Å². The number of aliphatic hydroxyl groups excluding tert-OH is 1. The molecule has 0 unspecified atom stereocenters. The summed E-state index contributed by atoms with van der Waals surface area (Å²) < 4.78 is 44.9. The van der Waals surface area contributed by atoms with Crippen LogP contribution in [0.4, 0.5) is 13.2 Å². The number of amides is 1. The second-order valence-electron chi connectivity index (χ2n) is 12.3. The summed E-state index contributed by atoms with van der Waals surface area (Å²) in [5.41, 5.74) is 3.09. The van der Waals surface area contributed by atoms with Crippen LogP contribution < -0.4 is 10.1 Å². The van der Waals surface area contributed by atoms with Crippen molar-refractivity contribution in [3.8, 4) is 5.75 Å². The van der Waals surface area contributed by atoms with Crippen LogP contribution in [0.25, 0.3) is 0 Å². The number of alkyl halides is 3. The van der Waals surface area contributed by atoms with Crippen LogP contribution in [0.2, 0.25) is 0 Å². The van der Waals surface area contributed by atoms with Crippen LogP contribution in [0.3, 0.4) is 0 Å². The van der Waals surface area contributed by atoms with Crippen molar-refractivity contribution in [2.45, 2.75) is 83.2 Å². The molecule has 3 fully saturated rings. The maximum Gasteiger partial charge on any atom is 0.416 e. The quantitative estimate of drug-likeness (QED) is 0.383. The minimum atomic E-state index is -4.42. The van der Waals surface area contributed by atoms with Crippen molar-refractivity contribution < 1.29 is 27.8 Å². The van der Waals surface area contributed by atoms with E-state index in [0.717, 1.165) is 61.7 Å². The zero-order chi connectivity index (χ0) is 29.9. The third-order valence-electron chi connectivity index (χ3n) is 9.55. The highest BCUT2D eigenvalue weighted by molar-refractivity contribution is 5.94. The number of fused-ring (bicyclic) bond motifs is 1. The van der Waals surface area contributed by atoms with Crippen molar-refractivity contribution in [1.82, 2.24) is 15.1 Å². The van der Waals surface area contributed by atoms with Gasteiger partial charge in [-0.05, 0) is 105 Å². The molecule has 5 rings (SSSR count). The molecule has 0 aromatic heterocycles. The summed E-state index contributed by atoms with van der Waals surface area (Å²) in [6.45, 7) is 7.77. The van der Waals surface area contributed by atoms with Crippen LogP contribution in [-0.2, 0) is 6.18 Å². The van der Waals surface area contributed by atoms with E-state index >= 15 is 0 Å². The molecule has 0 spiro atoms. The molecule has 2 saturated heterocycles. The molecule has 2 heterocycles. The summed E-state index contributed by atoms with van der Waals surface area (Å²) in [7, 11) is 0. The minimum absolute atomic E-state index is 0.207. The first-order valence-corrected chi connectivity index (χ1v) is 15.5. The van der Waals surface area contributed by atoms with E-state index in [-0.39, 0.29) is 24.6 Å². The number of halogens is 3. The molecule has 9 heteroatoms. The summed E-state index contributed by atoms with van der Waals surface area (Å²) in [5.74, 6) is 1.32. The standard InChI is InChI=1S/C33H44F3N3O3/c1-22-23(2)31(42-21-28(40)19-37-18-24-6-3-4-7-24)15-14-29(22)30-9-5-8-27-20-38(16-17-39(27)30)32(41)25-10-12-26(13-11-25)33(34,35)36/h10-15,24,27-28,30,37,40H,3-9,16-21H2,1-2H3/t27-,28-,30+/m0/s1. The molecule has 230 valence electrons. The van der Waals surface area contributed by atoms with Crippen LogP contribution in [0.1, 0.15) is 83.6 Å². The highest BCUT2D eigenvalue weighted by Gasteiger charge is 2.38. The lowest BCUT2D eigenvalue weighted by atomic mass is 9.86. The Balaban J connectivity index is 1.17. The number of nitrogens with one attached hydrogen (secondary N) is 1. The van der Waals surface area contributed by atoms with E-state index in [1.54, 1.807) is 4.90 Å². The zero-order valence-corrected chi connectivity index (χ0v) is 24.8. The molecule has 2 aromatic carbocycles. The summed E-state index contributed by atoms with van der Waals surface area (Å²) in [6.07, 6.45) is 3.28. The second kappa shape index (κ2) is 13.3. The number of carbonyl (C=O) groups excluding carboxylic acids is 1. The monoisotopic (exact) mass is 587 g/mol. The van der Waals surface area contributed by atoms with E-state index in [4.69, 9.17) is 4.74 Å². The summed E-state index contributed by atoms with van der Waals surface area (Å²) in [6, 6.07) is 9.13. The molecule has 0 radical (unpaired) electrons. The summed E-state index contributed by atoms with van der Waals surface area (Å²) >= 11 is 0. The Morgan fingerprint density at radius 1 is 1.00 bits per heavy atom. The van der Waals surface area contributed by atoms with Gasteiger partial charge in [-0.15, -0.1) is 0 Å². The molecule has 6 nitrogen and oxygen atoms in total. The van der Waals surface area contributed by atoms with Crippen molar-refractivity contribution in [3.05, 3.63) is 64.2 Å². The van der Waals surface area contributed by atoms with E-state index < -0.39 is 17.8 Å². The molecule has 2 aromatic rings. The maximum absolute atomic E-state index is 13.1. The van der Waals surface area contributed by atoms with Crippen molar-refractivity contribution in [1.29, 1.82) is 0 Å². The molecular weight excluding hydrogens is 543 g/mol. The number of benzene rings is 2. The predicted molar refractivity (Wildman–Crippen MR) is 157 cm³/mol. The largest absolute Gasteiger partial charge is 0.491 e. The van der Waals surface area contributed by atoms with Gasteiger partial charge in [-0.25, -0.2) is 0 Å². The summed E-state index contributed by atoms with van der Waals surface area (Å²) in [4.78, 5) is 17.4. The normalized spacial score (nSPS) is 22.7. The first-order chi connectivity index (χ1) is 20.1.